The van der Waals surface area contributed by atoms with Crippen LogP contribution in [0.5, 0.6) is 0 Å². The molecule has 0 saturated heterocycles. The molecule has 1 fully saturated rings. The zero-order chi connectivity index (χ0) is 13.8. The molecule has 2 rings (SSSR count). The van der Waals surface area contributed by atoms with E-state index in [0.717, 1.165) is 42.6 Å². The lowest BCUT2D eigenvalue weighted by atomic mass is 10.2. The van der Waals surface area contributed by atoms with Crippen molar-refractivity contribution < 1.29 is 4.79 Å². The van der Waals surface area contributed by atoms with Crippen molar-refractivity contribution in [3.05, 3.63) is 17.5 Å². The minimum absolute atomic E-state index is 0.133. The third-order valence-electron chi connectivity index (χ3n) is 3.77. The normalized spacial score (nSPS) is 15.9. The predicted octanol–water partition coefficient (Wildman–Crippen LogP) is 2.99. The molecule has 4 nitrogen and oxygen atoms in total. The quantitative estimate of drug-likeness (QED) is 0.780. The molecule has 0 N–H and O–H groups in total. The highest BCUT2D eigenvalue weighted by Crippen LogP contribution is 2.25. The molecular formula is C14H22BrN3O. The zero-order valence-corrected chi connectivity index (χ0v) is 13.3. The summed E-state index contributed by atoms with van der Waals surface area (Å²) < 4.78 is 1.81. The Kier molecular flexibility index (Phi) is 5.02. The average Bonchev–Trinajstić information content (AvgIpc) is 3.04. The molecule has 0 spiro atoms. The molecule has 0 radical (unpaired) electrons. The third kappa shape index (κ3) is 3.19. The SMILES string of the molecule is CCn1nc(C)cc1C(=O)N(CCBr)C1CCCC1. The highest BCUT2D eigenvalue weighted by molar-refractivity contribution is 9.09. The van der Waals surface area contributed by atoms with Crippen LogP contribution in [-0.2, 0) is 6.54 Å². The van der Waals surface area contributed by atoms with E-state index in [0.29, 0.717) is 6.04 Å². The lowest BCUT2D eigenvalue weighted by molar-refractivity contribution is 0.0683. The predicted molar refractivity (Wildman–Crippen MR) is 79.7 cm³/mol. The Balaban J connectivity index is 2.22. The fourth-order valence-corrected chi connectivity index (χ4v) is 3.24. The third-order valence-corrected chi connectivity index (χ3v) is 4.13. The fourth-order valence-electron chi connectivity index (χ4n) is 2.86. The van der Waals surface area contributed by atoms with E-state index in [1.807, 2.05) is 29.5 Å². The molecule has 1 aliphatic carbocycles. The van der Waals surface area contributed by atoms with Crippen LogP contribution in [0, 0.1) is 6.92 Å². The number of carbonyl (C=O) groups is 1. The first-order chi connectivity index (χ1) is 9.17. The van der Waals surface area contributed by atoms with E-state index in [-0.39, 0.29) is 5.91 Å². The summed E-state index contributed by atoms with van der Waals surface area (Å²) in [6.45, 7) is 5.47. The minimum Gasteiger partial charge on any atom is -0.334 e. The molecule has 1 amide bonds. The fraction of sp³-hybridized carbons (Fsp3) is 0.714. The Morgan fingerprint density at radius 2 is 2.21 bits per heavy atom. The molecule has 0 aromatic carbocycles. The van der Waals surface area contributed by atoms with E-state index >= 15 is 0 Å². The number of hydrogen-bond donors (Lipinski definition) is 0. The van der Waals surface area contributed by atoms with Crippen LogP contribution in [0.2, 0.25) is 0 Å². The van der Waals surface area contributed by atoms with Crippen LogP contribution < -0.4 is 0 Å². The van der Waals surface area contributed by atoms with Gasteiger partial charge in [-0.2, -0.15) is 5.10 Å². The average molecular weight is 328 g/mol. The molecule has 1 aliphatic rings. The van der Waals surface area contributed by atoms with Crippen molar-refractivity contribution in [1.82, 2.24) is 14.7 Å². The van der Waals surface area contributed by atoms with Gasteiger partial charge in [-0.25, -0.2) is 0 Å². The smallest absolute Gasteiger partial charge is 0.272 e. The topological polar surface area (TPSA) is 38.1 Å². The Bertz CT molecular complexity index is 438. The van der Waals surface area contributed by atoms with Crippen LogP contribution in [0.25, 0.3) is 0 Å². The van der Waals surface area contributed by atoms with Crippen molar-refractivity contribution in [2.45, 2.75) is 52.1 Å². The van der Waals surface area contributed by atoms with Crippen molar-refractivity contribution in [3.8, 4) is 0 Å². The van der Waals surface area contributed by atoms with Crippen molar-refractivity contribution in [2.75, 3.05) is 11.9 Å². The van der Waals surface area contributed by atoms with Gasteiger partial charge in [0.1, 0.15) is 5.69 Å². The Hall–Kier alpha value is -0.840. The molecule has 1 saturated carbocycles. The van der Waals surface area contributed by atoms with Gasteiger partial charge in [0.2, 0.25) is 0 Å². The molecule has 1 aromatic heterocycles. The van der Waals surface area contributed by atoms with Gasteiger partial charge >= 0.3 is 0 Å². The van der Waals surface area contributed by atoms with Crippen LogP contribution in [0.15, 0.2) is 6.07 Å². The summed E-state index contributed by atoms with van der Waals surface area (Å²) in [5, 5.41) is 5.20. The molecule has 19 heavy (non-hydrogen) atoms. The largest absolute Gasteiger partial charge is 0.334 e. The van der Waals surface area contributed by atoms with E-state index in [9.17, 15) is 4.79 Å². The highest BCUT2D eigenvalue weighted by Gasteiger charge is 2.28. The van der Waals surface area contributed by atoms with Gasteiger partial charge in [-0.15, -0.1) is 0 Å². The molecule has 5 heteroatoms. The summed E-state index contributed by atoms with van der Waals surface area (Å²) in [4.78, 5) is 14.8. The van der Waals surface area contributed by atoms with Crippen LogP contribution in [0.4, 0.5) is 0 Å². The molecule has 0 aliphatic heterocycles. The van der Waals surface area contributed by atoms with Crippen LogP contribution in [0.3, 0.4) is 0 Å². The van der Waals surface area contributed by atoms with Crippen molar-refractivity contribution in [2.24, 2.45) is 0 Å². The van der Waals surface area contributed by atoms with Crippen LogP contribution in [-0.4, -0.2) is 38.5 Å². The molecule has 0 bridgehead atoms. The number of amides is 1. The Labute approximate surface area is 123 Å². The van der Waals surface area contributed by atoms with Gasteiger partial charge in [-0.1, -0.05) is 28.8 Å². The maximum absolute atomic E-state index is 12.8. The van der Waals surface area contributed by atoms with Gasteiger partial charge in [0, 0.05) is 24.5 Å². The van der Waals surface area contributed by atoms with E-state index < -0.39 is 0 Å². The van der Waals surface area contributed by atoms with Crippen LogP contribution in [0.1, 0.15) is 48.8 Å². The summed E-state index contributed by atoms with van der Waals surface area (Å²) in [7, 11) is 0. The first-order valence-electron chi connectivity index (χ1n) is 7.08. The number of carbonyl (C=O) groups excluding carboxylic acids is 1. The zero-order valence-electron chi connectivity index (χ0n) is 11.7. The molecule has 1 heterocycles. The minimum atomic E-state index is 0.133. The van der Waals surface area contributed by atoms with E-state index in [1.165, 1.54) is 12.8 Å². The summed E-state index contributed by atoms with van der Waals surface area (Å²) >= 11 is 3.46. The van der Waals surface area contributed by atoms with Gasteiger partial charge in [0.15, 0.2) is 0 Å². The highest BCUT2D eigenvalue weighted by atomic mass is 79.9. The van der Waals surface area contributed by atoms with Gasteiger partial charge in [0.05, 0.1) is 5.69 Å². The van der Waals surface area contributed by atoms with Gasteiger partial charge in [-0.3, -0.25) is 9.48 Å². The summed E-state index contributed by atoms with van der Waals surface area (Å²) in [5.74, 6) is 0.133. The summed E-state index contributed by atoms with van der Waals surface area (Å²) in [6, 6.07) is 2.31. The molecule has 1 aromatic rings. The monoisotopic (exact) mass is 327 g/mol. The Morgan fingerprint density at radius 1 is 1.53 bits per heavy atom. The summed E-state index contributed by atoms with van der Waals surface area (Å²) in [6.07, 6.45) is 4.75. The van der Waals surface area contributed by atoms with E-state index in [2.05, 4.69) is 21.0 Å². The van der Waals surface area contributed by atoms with Crippen molar-refractivity contribution in [1.29, 1.82) is 0 Å². The molecule has 0 atom stereocenters. The number of alkyl halides is 1. The number of halogens is 1. The van der Waals surface area contributed by atoms with Gasteiger partial charge in [0.25, 0.3) is 5.91 Å². The second kappa shape index (κ2) is 6.55. The second-order valence-corrected chi connectivity index (χ2v) is 5.91. The molecule has 106 valence electrons. The van der Waals surface area contributed by atoms with E-state index in [4.69, 9.17) is 0 Å². The number of hydrogen-bond acceptors (Lipinski definition) is 2. The standard InChI is InChI=1S/C14H22BrN3O/c1-3-18-13(10-11(2)16-18)14(19)17(9-8-15)12-6-4-5-7-12/h10,12H,3-9H2,1-2H3. The lowest BCUT2D eigenvalue weighted by Crippen LogP contribution is -2.41. The number of rotatable bonds is 5. The van der Waals surface area contributed by atoms with E-state index in [1.54, 1.807) is 0 Å². The second-order valence-electron chi connectivity index (χ2n) is 5.11. The van der Waals surface area contributed by atoms with Gasteiger partial charge < -0.3 is 4.90 Å². The number of nitrogens with zero attached hydrogens (tertiary/aromatic N) is 3. The van der Waals surface area contributed by atoms with Crippen LogP contribution >= 0.6 is 15.9 Å². The van der Waals surface area contributed by atoms with Gasteiger partial charge in [-0.05, 0) is 32.8 Å². The lowest BCUT2D eigenvalue weighted by Gasteiger charge is -2.28. The number of aryl methyl sites for hydroxylation is 2. The molecular weight excluding hydrogens is 306 g/mol. The van der Waals surface area contributed by atoms with Crippen molar-refractivity contribution >= 4 is 21.8 Å². The summed E-state index contributed by atoms with van der Waals surface area (Å²) in [5.41, 5.74) is 1.64. The molecule has 0 unspecified atom stereocenters. The first kappa shape index (κ1) is 14.6. The first-order valence-corrected chi connectivity index (χ1v) is 8.21. The maximum Gasteiger partial charge on any atom is 0.272 e. The van der Waals surface area contributed by atoms with Crippen molar-refractivity contribution in [3.63, 3.8) is 0 Å². The maximum atomic E-state index is 12.8. The Morgan fingerprint density at radius 3 is 2.79 bits per heavy atom. The number of aromatic nitrogens is 2.